The molecule has 1 N–H and O–H groups in total. The lowest BCUT2D eigenvalue weighted by atomic mass is 10.0. The highest BCUT2D eigenvalue weighted by Crippen LogP contribution is 2.28. The second kappa shape index (κ2) is 8.13. The van der Waals surface area contributed by atoms with Crippen LogP contribution in [0.25, 0.3) is 0 Å². The molecule has 1 fully saturated rings. The van der Waals surface area contributed by atoms with Crippen molar-refractivity contribution in [1.82, 2.24) is 4.98 Å². The first kappa shape index (κ1) is 16.7. The maximum absolute atomic E-state index is 11.9. The van der Waals surface area contributed by atoms with Crippen LogP contribution >= 0.6 is 11.6 Å². The van der Waals surface area contributed by atoms with Gasteiger partial charge in [-0.1, -0.05) is 37.3 Å². The number of nitrogens with one attached hydrogen (secondary N) is 1. The van der Waals surface area contributed by atoms with E-state index in [0.717, 1.165) is 6.42 Å². The molecule has 1 amide bonds. The van der Waals surface area contributed by atoms with Crippen LogP contribution in [-0.2, 0) is 14.3 Å². The minimum Gasteiger partial charge on any atom is -0.453 e. The van der Waals surface area contributed by atoms with Gasteiger partial charge in [-0.2, -0.15) is 0 Å². The molecule has 22 heavy (non-hydrogen) atoms. The summed E-state index contributed by atoms with van der Waals surface area (Å²) in [4.78, 5) is 27.7. The van der Waals surface area contributed by atoms with E-state index in [1.807, 2.05) is 0 Å². The summed E-state index contributed by atoms with van der Waals surface area (Å²) in [6.07, 6.45) is 6.74. The highest BCUT2D eigenvalue weighted by Gasteiger charge is 2.20. The number of ether oxygens (including phenoxy) is 1. The lowest BCUT2D eigenvalue weighted by molar-refractivity contribution is -0.153. The average molecular weight is 325 g/mol. The van der Waals surface area contributed by atoms with E-state index in [-0.39, 0.29) is 5.97 Å². The van der Waals surface area contributed by atoms with Gasteiger partial charge in [-0.15, -0.1) is 0 Å². The lowest BCUT2D eigenvalue weighted by Gasteiger charge is -2.14. The number of anilines is 1. The summed E-state index contributed by atoms with van der Waals surface area (Å²) in [6, 6.07) is 3.22. The second-order valence-corrected chi connectivity index (χ2v) is 6.11. The van der Waals surface area contributed by atoms with Crippen molar-refractivity contribution in [1.29, 1.82) is 0 Å². The molecule has 0 aliphatic heterocycles. The van der Waals surface area contributed by atoms with E-state index in [0.29, 0.717) is 23.2 Å². The van der Waals surface area contributed by atoms with Gasteiger partial charge in [-0.3, -0.25) is 9.59 Å². The minimum absolute atomic E-state index is 0.321. The smallest absolute Gasteiger partial charge is 0.306 e. The van der Waals surface area contributed by atoms with Crippen molar-refractivity contribution in [3.8, 4) is 0 Å². The molecule has 5 nitrogen and oxygen atoms in total. The summed E-state index contributed by atoms with van der Waals surface area (Å²) < 4.78 is 5.16. The van der Waals surface area contributed by atoms with Gasteiger partial charge in [0.25, 0.3) is 5.91 Å². The molecule has 1 aromatic rings. The SMILES string of the molecule is C[C@H](OC(=O)CCC1CCCC1)C(=O)Nc1ccc(Cl)cn1. The van der Waals surface area contributed by atoms with E-state index < -0.39 is 12.0 Å². The van der Waals surface area contributed by atoms with Gasteiger partial charge in [0, 0.05) is 12.6 Å². The van der Waals surface area contributed by atoms with Crippen LogP contribution in [0.15, 0.2) is 18.3 Å². The van der Waals surface area contributed by atoms with Crippen LogP contribution in [0, 0.1) is 5.92 Å². The molecule has 120 valence electrons. The second-order valence-electron chi connectivity index (χ2n) is 5.67. The van der Waals surface area contributed by atoms with Gasteiger partial charge < -0.3 is 10.1 Å². The predicted octanol–water partition coefficient (Wildman–Crippen LogP) is 3.58. The number of amides is 1. The number of hydrogen-bond donors (Lipinski definition) is 1. The maximum atomic E-state index is 11.9. The third kappa shape index (κ3) is 5.30. The molecule has 0 spiro atoms. The standard InChI is InChI=1S/C16H21ClN2O3/c1-11(16(21)19-14-8-7-13(17)10-18-14)22-15(20)9-6-12-4-2-3-5-12/h7-8,10-12H,2-6,9H2,1H3,(H,18,19,21)/t11-/m0/s1. The Morgan fingerprint density at radius 1 is 1.41 bits per heavy atom. The van der Waals surface area contributed by atoms with E-state index in [1.54, 1.807) is 19.1 Å². The van der Waals surface area contributed by atoms with Crippen LogP contribution in [0.3, 0.4) is 0 Å². The quantitative estimate of drug-likeness (QED) is 0.812. The van der Waals surface area contributed by atoms with Crippen LogP contribution in [-0.4, -0.2) is 23.0 Å². The number of carbonyl (C=O) groups is 2. The van der Waals surface area contributed by atoms with Gasteiger partial charge >= 0.3 is 5.97 Å². The largest absolute Gasteiger partial charge is 0.453 e. The number of pyridine rings is 1. The first-order chi connectivity index (χ1) is 10.5. The van der Waals surface area contributed by atoms with E-state index in [1.165, 1.54) is 31.9 Å². The van der Waals surface area contributed by atoms with Crippen molar-refractivity contribution in [2.75, 3.05) is 5.32 Å². The minimum atomic E-state index is -0.839. The number of carbonyl (C=O) groups excluding carboxylic acids is 2. The molecule has 1 atom stereocenters. The van der Waals surface area contributed by atoms with Gasteiger partial charge in [0.15, 0.2) is 6.10 Å². The van der Waals surface area contributed by atoms with Gasteiger partial charge in [0.1, 0.15) is 5.82 Å². The van der Waals surface area contributed by atoms with E-state index in [2.05, 4.69) is 10.3 Å². The summed E-state index contributed by atoms with van der Waals surface area (Å²) in [7, 11) is 0. The Labute approximate surface area is 135 Å². The normalized spacial score (nSPS) is 16.3. The lowest BCUT2D eigenvalue weighted by Crippen LogP contribution is -2.30. The third-order valence-corrected chi connectivity index (χ3v) is 4.11. The molecule has 0 unspecified atom stereocenters. The molecule has 0 saturated heterocycles. The molecule has 1 heterocycles. The molecule has 1 saturated carbocycles. The number of nitrogens with zero attached hydrogens (tertiary/aromatic N) is 1. The van der Waals surface area contributed by atoms with Gasteiger partial charge in [-0.05, 0) is 31.4 Å². The van der Waals surface area contributed by atoms with Crippen molar-refractivity contribution in [3.63, 3.8) is 0 Å². The summed E-state index contributed by atoms with van der Waals surface area (Å²) in [5.41, 5.74) is 0. The van der Waals surface area contributed by atoms with Gasteiger partial charge in [0.05, 0.1) is 5.02 Å². The number of halogens is 1. The fraction of sp³-hybridized carbons (Fsp3) is 0.562. The fourth-order valence-electron chi connectivity index (χ4n) is 2.61. The highest BCUT2D eigenvalue weighted by molar-refractivity contribution is 6.30. The van der Waals surface area contributed by atoms with E-state index >= 15 is 0 Å². The zero-order chi connectivity index (χ0) is 15.9. The molecule has 0 radical (unpaired) electrons. The summed E-state index contributed by atoms with van der Waals surface area (Å²) in [6.45, 7) is 1.55. The monoisotopic (exact) mass is 324 g/mol. The van der Waals surface area contributed by atoms with Crippen LogP contribution in [0.1, 0.15) is 45.4 Å². The van der Waals surface area contributed by atoms with E-state index in [4.69, 9.17) is 16.3 Å². The Morgan fingerprint density at radius 3 is 2.77 bits per heavy atom. The third-order valence-electron chi connectivity index (χ3n) is 3.89. The average Bonchev–Trinajstić information content (AvgIpc) is 3.01. The van der Waals surface area contributed by atoms with Crippen LogP contribution in [0.4, 0.5) is 5.82 Å². The molecular weight excluding hydrogens is 304 g/mol. The Hall–Kier alpha value is -1.62. The molecule has 6 heteroatoms. The molecule has 0 bridgehead atoms. The van der Waals surface area contributed by atoms with Crippen LogP contribution < -0.4 is 5.32 Å². The number of aromatic nitrogens is 1. The highest BCUT2D eigenvalue weighted by atomic mass is 35.5. The molecule has 1 aliphatic rings. The number of hydrogen-bond acceptors (Lipinski definition) is 4. The Kier molecular flexibility index (Phi) is 6.19. The predicted molar refractivity (Wildman–Crippen MR) is 84.6 cm³/mol. The van der Waals surface area contributed by atoms with Gasteiger partial charge in [0.2, 0.25) is 0 Å². The van der Waals surface area contributed by atoms with E-state index in [9.17, 15) is 9.59 Å². The van der Waals surface area contributed by atoms with Gasteiger partial charge in [-0.25, -0.2) is 4.98 Å². The van der Waals surface area contributed by atoms with Crippen molar-refractivity contribution < 1.29 is 14.3 Å². The first-order valence-electron chi connectivity index (χ1n) is 7.66. The number of rotatable bonds is 6. The Bertz CT molecular complexity index is 513. The van der Waals surface area contributed by atoms with Crippen molar-refractivity contribution in [3.05, 3.63) is 23.4 Å². The molecular formula is C16H21ClN2O3. The Balaban J connectivity index is 1.72. The van der Waals surface area contributed by atoms with Crippen molar-refractivity contribution in [2.45, 2.75) is 51.6 Å². The molecule has 1 aromatic heterocycles. The zero-order valence-corrected chi connectivity index (χ0v) is 13.4. The molecule has 1 aliphatic carbocycles. The van der Waals surface area contributed by atoms with Crippen molar-refractivity contribution >= 4 is 29.3 Å². The Morgan fingerprint density at radius 2 is 2.14 bits per heavy atom. The summed E-state index contributed by atoms with van der Waals surface area (Å²) in [5, 5.41) is 3.08. The fourth-order valence-corrected chi connectivity index (χ4v) is 2.72. The molecule has 2 rings (SSSR count). The molecule has 0 aromatic carbocycles. The number of esters is 1. The summed E-state index contributed by atoms with van der Waals surface area (Å²) in [5.74, 6) is 0.292. The first-order valence-corrected chi connectivity index (χ1v) is 8.04. The zero-order valence-electron chi connectivity index (χ0n) is 12.7. The summed E-state index contributed by atoms with van der Waals surface area (Å²) >= 11 is 5.72. The maximum Gasteiger partial charge on any atom is 0.306 e. The topological polar surface area (TPSA) is 68.3 Å². The van der Waals surface area contributed by atoms with Crippen LogP contribution in [0.2, 0.25) is 5.02 Å². The van der Waals surface area contributed by atoms with Crippen molar-refractivity contribution in [2.24, 2.45) is 5.92 Å². The van der Waals surface area contributed by atoms with Crippen LogP contribution in [0.5, 0.6) is 0 Å².